The Morgan fingerprint density at radius 3 is 2.60 bits per heavy atom. The quantitative estimate of drug-likeness (QED) is 0.770. The molecule has 0 fully saturated rings. The fourth-order valence-corrected chi connectivity index (χ4v) is 1.53. The first-order valence-corrected chi connectivity index (χ1v) is 6.15. The first kappa shape index (κ1) is 12.7. The van der Waals surface area contributed by atoms with Gasteiger partial charge in [0.15, 0.2) is 0 Å². The van der Waals surface area contributed by atoms with Crippen molar-refractivity contribution in [1.82, 2.24) is 5.32 Å². The molecule has 0 heterocycles. The van der Waals surface area contributed by atoms with E-state index in [2.05, 4.69) is 52.4 Å². The van der Waals surface area contributed by atoms with Gasteiger partial charge in [0, 0.05) is 11.0 Å². The van der Waals surface area contributed by atoms with E-state index in [0.717, 1.165) is 37.2 Å². The Bertz CT molecular complexity index is 261. The minimum Gasteiger partial charge on any atom is -0.380 e. The Morgan fingerprint density at radius 2 is 1.93 bits per heavy atom. The molecule has 0 saturated carbocycles. The Kier molecular flexibility index (Phi) is 6.64. The summed E-state index contributed by atoms with van der Waals surface area (Å²) in [6.07, 6.45) is 0.986. The molecule has 0 amide bonds. The molecule has 1 aromatic rings. The van der Waals surface area contributed by atoms with Crippen LogP contribution in [0.25, 0.3) is 0 Å². The number of hydrogen-bond donors (Lipinski definition) is 1. The van der Waals surface area contributed by atoms with Crippen molar-refractivity contribution in [3.05, 3.63) is 34.3 Å². The van der Waals surface area contributed by atoms with E-state index in [1.54, 1.807) is 0 Å². The smallest absolute Gasteiger partial charge is 0.0591 e. The Morgan fingerprint density at radius 1 is 1.20 bits per heavy atom. The molecule has 0 atom stereocenters. The van der Waals surface area contributed by atoms with Gasteiger partial charge in [0.05, 0.1) is 13.2 Å². The van der Waals surface area contributed by atoms with Crippen molar-refractivity contribution in [3.63, 3.8) is 0 Å². The summed E-state index contributed by atoms with van der Waals surface area (Å²) in [5.74, 6) is 0. The van der Waals surface area contributed by atoms with Gasteiger partial charge in [-0.1, -0.05) is 35.0 Å². The summed E-state index contributed by atoms with van der Waals surface area (Å²) in [5.41, 5.74) is 1.32. The van der Waals surface area contributed by atoms with Gasteiger partial charge < -0.3 is 10.1 Å². The van der Waals surface area contributed by atoms with Crippen LogP contribution in [0.1, 0.15) is 12.5 Å². The number of benzene rings is 1. The molecule has 3 heteroatoms. The van der Waals surface area contributed by atoms with Crippen LogP contribution in [-0.2, 0) is 11.2 Å². The predicted octanol–water partition coefficient (Wildman–Crippen LogP) is 2.62. The lowest BCUT2D eigenvalue weighted by atomic mass is 10.2. The first-order chi connectivity index (χ1) is 7.33. The van der Waals surface area contributed by atoms with Crippen LogP contribution in [0.2, 0.25) is 0 Å². The third kappa shape index (κ3) is 5.92. The van der Waals surface area contributed by atoms with E-state index in [1.165, 1.54) is 5.56 Å². The van der Waals surface area contributed by atoms with Crippen molar-refractivity contribution >= 4 is 15.9 Å². The van der Waals surface area contributed by atoms with Gasteiger partial charge in [-0.3, -0.25) is 0 Å². The summed E-state index contributed by atoms with van der Waals surface area (Å²) in [6, 6.07) is 8.37. The standard InChI is InChI=1S/C12H18BrNO/c1-2-14-8-10-15-9-7-11-3-5-12(13)6-4-11/h3-6,14H,2,7-10H2,1H3. The van der Waals surface area contributed by atoms with Gasteiger partial charge in [-0.2, -0.15) is 0 Å². The summed E-state index contributed by atoms with van der Waals surface area (Å²) < 4.78 is 6.62. The van der Waals surface area contributed by atoms with E-state index in [9.17, 15) is 0 Å². The second kappa shape index (κ2) is 7.85. The van der Waals surface area contributed by atoms with E-state index in [-0.39, 0.29) is 0 Å². The maximum absolute atomic E-state index is 5.50. The Labute approximate surface area is 100 Å². The summed E-state index contributed by atoms with van der Waals surface area (Å²) in [4.78, 5) is 0. The summed E-state index contributed by atoms with van der Waals surface area (Å²) >= 11 is 3.42. The molecule has 0 saturated heterocycles. The molecule has 0 bridgehead atoms. The molecule has 2 nitrogen and oxygen atoms in total. The normalized spacial score (nSPS) is 10.5. The minimum absolute atomic E-state index is 0.796. The third-order valence-corrected chi connectivity index (χ3v) is 2.65. The monoisotopic (exact) mass is 271 g/mol. The first-order valence-electron chi connectivity index (χ1n) is 5.36. The van der Waals surface area contributed by atoms with E-state index in [1.807, 2.05) is 0 Å². The zero-order valence-corrected chi connectivity index (χ0v) is 10.7. The highest BCUT2D eigenvalue weighted by atomic mass is 79.9. The van der Waals surface area contributed by atoms with Crippen molar-refractivity contribution in [2.45, 2.75) is 13.3 Å². The number of likely N-dealkylation sites (N-methyl/N-ethyl adjacent to an activating group) is 1. The minimum atomic E-state index is 0.796. The number of hydrogen-bond acceptors (Lipinski definition) is 2. The van der Waals surface area contributed by atoms with E-state index < -0.39 is 0 Å². The summed E-state index contributed by atoms with van der Waals surface area (Å²) in [7, 11) is 0. The number of nitrogens with one attached hydrogen (secondary N) is 1. The Balaban J connectivity index is 2.07. The molecule has 0 aromatic heterocycles. The van der Waals surface area contributed by atoms with Gasteiger partial charge in [-0.05, 0) is 30.7 Å². The van der Waals surface area contributed by atoms with Gasteiger partial charge in [-0.15, -0.1) is 0 Å². The third-order valence-electron chi connectivity index (χ3n) is 2.12. The maximum Gasteiger partial charge on any atom is 0.0591 e. The largest absolute Gasteiger partial charge is 0.380 e. The topological polar surface area (TPSA) is 21.3 Å². The molecule has 1 aromatic carbocycles. The molecular weight excluding hydrogens is 254 g/mol. The number of rotatable bonds is 7. The van der Waals surface area contributed by atoms with Crippen molar-refractivity contribution in [3.8, 4) is 0 Å². The van der Waals surface area contributed by atoms with Gasteiger partial charge in [0.1, 0.15) is 0 Å². The highest BCUT2D eigenvalue weighted by Crippen LogP contribution is 2.10. The SMILES string of the molecule is CCNCCOCCc1ccc(Br)cc1. The van der Waals surface area contributed by atoms with Crippen LogP contribution in [0.3, 0.4) is 0 Å². The maximum atomic E-state index is 5.50. The summed E-state index contributed by atoms with van der Waals surface area (Å²) in [6.45, 7) is 5.64. The van der Waals surface area contributed by atoms with Crippen LogP contribution in [0.4, 0.5) is 0 Å². The van der Waals surface area contributed by atoms with Crippen LogP contribution < -0.4 is 5.32 Å². The molecule has 0 aliphatic heterocycles. The fraction of sp³-hybridized carbons (Fsp3) is 0.500. The lowest BCUT2D eigenvalue weighted by molar-refractivity contribution is 0.139. The van der Waals surface area contributed by atoms with E-state index >= 15 is 0 Å². The highest BCUT2D eigenvalue weighted by Gasteiger charge is 1.93. The van der Waals surface area contributed by atoms with E-state index in [4.69, 9.17) is 4.74 Å². The van der Waals surface area contributed by atoms with Gasteiger partial charge in [-0.25, -0.2) is 0 Å². The highest BCUT2D eigenvalue weighted by molar-refractivity contribution is 9.10. The van der Waals surface area contributed by atoms with Crippen molar-refractivity contribution < 1.29 is 4.74 Å². The molecule has 15 heavy (non-hydrogen) atoms. The average Bonchev–Trinajstić information content (AvgIpc) is 2.26. The van der Waals surface area contributed by atoms with Crippen LogP contribution >= 0.6 is 15.9 Å². The second-order valence-electron chi connectivity index (χ2n) is 3.34. The molecular formula is C12H18BrNO. The van der Waals surface area contributed by atoms with Gasteiger partial charge in [0.25, 0.3) is 0 Å². The fourth-order valence-electron chi connectivity index (χ4n) is 1.26. The van der Waals surface area contributed by atoms with Crippen LogP contribution in [-0.4, -0.2) is 26.3 Å². The molecule has 0 radical (unpaired) electrons. The second-order valence-corrected chi connectivity index (χ2v) is 4.26. The molecule has 0 aliphatic carbocycles. The predicted molar refractivity (Wildman–Crippen MR) is 67.2 cm³/mol. The number of halogens is 1. The molecule has 1 rings (SSSR count). The summed E-state index contributed by atoms with van der Waals surface area (Å²) in [5, 5.41) is 3.22. The van der Waals surface area contributed by atoms with Crippen LogP contribution in [0.5, 0.6) is 0 Å². The lowest BCUT2D eigenvalue weighted by Crippen LogP contribution is -2.19. The molecule has 0 unspecified atom stereocenters. The molecule has 0 aliphatic rings. The van der Waals surface area contributed by atoms with E-state index in [0.29, 0.717) is 0 Å². The lowest BCUT2D eigenvalue weighted by Gasteiger charge is -2.04. The molecule has 1 N–H and O–H groups in total. The number of ether oxygens (including phenoxy) is 1. The zero-order chi connectivity index (χ0) is 10.9. The van der Waals surface area contributed by atoms with Gasteiger partial charge in [0.2, 0.25) is 0 Å². The van der Waals surface area contributed by atoms with Crippen molar-refractivity contribution in [2.24, 2.45) is 0 Å². The average molecular weight is 272 g/mol. The molecule has 84 valence electrons. The molecule has 0 spiro atoms. The Hall–Kier alpha value is -0.380. The zero-order valence-electron chi connectivity index (χ0n) is 9.13. The van der Waals surface area contributed by atoms with Crippen molar-refractivity contribution in [2.75, 3.05) is 26.3 Å². The van der Waals surface area contributed by atoms with Gasteiger partial charge >= 0.3 is 0 Å². The van der Waals surface area contributed by atoms with Crippen LogP contribution in [0, 0.1) is 0 Å². The van der Waals surface area contributed by atoms with Crippen molar-refractivity contribution in [1.29, 1.82) is 0 Å². The van der Waals surface area contributed by atoms with Crippen LogP contribution in [0.15, 0.2) is 28.7 Å².